The monoisotopic (exact) mass is 596 g/mol. The van der Waals surface area contributed by atoms with Crippen molar-refractivity contribution in [1.82, 2.24) is 29.9 Å². The highest BCUT2D eigenvalue weighted by Crippen LogP contribution is 2.31. The number of nitrogens with zero attached hydrogens (tertiary/aromatic N) is 2. The van der Waals surface area contributed by atoms with Gasteiger partial charge in [-0.1, -0.05) is 36.4 Å². The van der Waals surface area contributed by atoms with E-state index in [1.165, 1.54) is 6.07 Å². The molecule has 0 spiro atoms. The molecule has 7 N–H and O–H groups in total. The molecule has 0 saturated heterocycles. The number of ether oxygens (including phenoxy) is 1. The molecule has 0 aliphatic carbocycles. The Balaban J connectivity index is 0.000000175. The Morgan fingerprint density at radius 3 is 1.89 bits per heavy atom. The van der Waals surface area contributed by atoms with Crippen LogP contribution in [0.2, 0.25) is 0 Å². The fourth-order valence-electron chi connectivity index (χ4n) is 4.09. The maximum absolute atomic E-state index is 11.2. The molecule has 6 rings (SSSR count). The third-order valence-corrected chi connectivity index (χ3v) is 5.96. The van der Waals surface area contributed by atoms with E-state index in [0.717, 1.165) is 21.5 Å². The van der Waals surface area contributed by atoms with Crippen LogP contribution in [0.1, 0.15) is 10.4 Å². The SMILES string of the molecule is O=C(O)c1ccc2cc(Nc3nc(=O)[nH]c(=O)[nH]3)ccc2c1.O=COc1cc2ccccc2cc1Nc1nc(=O)[nH]c(=O)[nH]1. The molecule has 0 aliphatic heterocycles. The highest BCUT2D eigenvalue weighted by atomic mass is 16.5. The van der Waals surface area contributed by atoms with Crippen molar-refractivity contribution >= 4 is 57.3 Å². The number of carboxylic acid groups (broad SMARTS) is 1. The summed E-state index contributed by atoms with van der Waals surface area (Å²) in [6.45, 7) is 0.295. The fraction of sp³-hybridized carbons (Fsp3) is 0. The molecule has 0 bridgehead atoms. The van der Waals surface area contributed by atoms with Gasteiger partial charge in [-0.15, -0.1) is 0 Å². The second kappa shape index (κ2) is 12.4. The summed E-state index contributed by atoms with van der Waals surface area (Å²) >= 11 is 0. The zero-order valence-corrected chi connectivity index (χ0v) is 22.2. The van der Waals surface area contributed by atoms with Crippen LogP contribution < -0.4 is 38.1 Å². The smallest absolute Gasteiger partial charge is 0.352 e. The summed E-state index contributed by atoms with van der Waals surface area (Å²) in [6, 6.07) is 20.8. The van der Waals surface area contributed by atoms with Gasteiger partial charge in [0, 0.05) is 5.69 Å². The lowest BCUT2D eigenvalue weighted by Crippen LogP contribution is -2.25. The van der Waals surface area contributed by atoms with Crippen molar-refractivity contribution in [3.05, 3.63) is 120 Å². The largest absolute Gasteiger partial charge is 0.478 e. The Labute approximate surface area is 243 Å². The van der Waals surface area contributed by atoms with Gasteiger partial charge < -0.3 is 20.5 Å². The Hall–Kier alpha value is -6.84. The lowest BCUT2D eigenvalue weighted by molar-refractivity contribution is -0.120. The van der Waals surface area contributed by atoms with E-state index in [9.17, 15) is 28.8 Å². The molecule has 4 aromatic carbocycles. The number of fused-ring (bicyclic) bond motifs is 2. The van der Waals surface area contributed by atoms with Gasteiger partial charge in [0.1, 0.15) is 0 Å². The van der Waals surface area contributed by atoms with Crippen molar-refractivity contribution in [3.63, 3.8) is 0 Å². The minimum atomic E-state index is -0.991. The van der Waals surface area contributed by atoms with Gasteiger partial charge in [0.25, 0.3) is 6.47 Å². The molecular formula is C28H20N8O8. The molecule has 0 fully saturated rings. The first-order valence-corrected chi connectivity index (χ1v) is 12.5. The molecule has 0 amide bonds. The molecule has 0 aliphatic rings. The van der Waals surface area contributed by atoms with Crippen molar-refractivity contribution in [2.75, 3.05) is 10.6 Å². The number of carbonyl (C=O) groups excluding carboxylic acids is 1. The third kappa shape index (κ3) is 6.89. The topological polar surface area (TPSA) is 245 Å². The van der Waals surface area contributed by atoms with Crippen molar-refractivity contribution < 1.29 is 19.4 Å². The van der Waals surface area contributed by atoms with Gasteiger partial charge in [-0.25, -0.2) is 24.0 Å². The van der Waals surface area contributed by atoms with Crippen LogP contribution in [-0.4, -0.2) is 47.5 Å². The molecule has 0 atom stereocenters. The van der Waals surface area contributed by atoms with E-state index >= 15 is 0 Å². The van der Waals surface area contributed by atoms with E-state index in [-0.39, 0.29) is 23.2 Å². The second-order valence-corrected chi connectivity index (χ2v) is 8.93. The molecule has 16 heteroatoms. The zero-order chi connectivity index (χ0) is 31.2. The van der Waals surface area contributed by atoms with E-state index in [0.29, 0.717) is 17.8 Å². The van der Waals surface area contributed by atoms with Crippen molar-refractivity contribution in [2.24, 2.45) is 0 Å². The average molecular weight is 597 g/mol. The van der Waals surface area contributed by atoms with E-state index in [2.05, 4.69) is 30.6 Å². The molecular weight excluding hydrogens is 576 g/mol. The normalized spacial score (nSPS) is 10.5. The summed E-state index contributed by atoms with van der Waals surface area (Å²) < 4.78 is 4.93. The average Bonchev–Trinajstić information content (AvgIpc) is 2.96. The molecule has 0 unspecified atom stereocenters. The van der Waals surface area contributed by atoms with E-state index in [1.807, 2.05) is 34.2 Å². The molecule has 0 radical (unpaired) electrons. The van der Waals surface area contributed by atoms with Crippen molar-refractivity contribution in [3.8, 4) is 5.75 Å². The highest BCUT2D eigenvalue weighted by Gasteiger charge is 2.09. The number of H-pyrrole nitrogens is 4. The lowest BCUT2D eigenvalue weighted by Gasteiger charge is -2.10. The summed E-state index contributed by atoms with van der Waals surface area (Å²) in [4.78, 5) is 82.1. The third-order valence-electron chi connectivity index (χ3n) is 5.96. The number of carboxylic acids is 1. The quantitative estimate of drug-likeness (QED) is 0.131. The van der Waals surface area contributed by atoms with Crippen LogP contribution in [0.4, 0.5) is 23.3 Å². The van der Waals surface area contributed by atoms with Gasteiger partial charge in [0.05, 0.1) is 11.3 Å². The predicted molar refractivity (Wildman–Crippen MR) is 159 cm³/mol. The summed E-state index contributed by atoms with van der Waals surface area (Å²) in [5.41, 5.74) is -1.70. The first kappa shape index (κ1) is 28.7. The minimum absolute atomic E-state index is 0.0234. The van der Waals surface area contributed by atoms with Gasteiger partial charge in [-0.2, -0.15) is 9.97 Å². The number of carbonyl (C=O) groups is 2. The minimum Gasteiger partial charge on any atom is -0.478 e. The molecule has 6 aromatic rings. The Bertz CT molecular complexity index is 2220. The summed E-state index contributed by atoms with van der Waals surface area (Å²) in [6.07, 6.45) is 0. The van der Waals surface area contributed by atoms with Gasteiger partial charge in [0.15, 0.2) is 5.75 Å². The lowest BCUT2D eigenvalue weighted by atomic mass is 10.1. The first-order valence-electron chi connectivity index (χ1n) is 12.5. The van der Waals surface area contributed by atoms with Crippen LogP contribution in [0.5, 0.6) is 5.75 Å². The van der Waals surface area contributed by atoms with Crippen LogP contribution >= 0.6 is 0 Å². The Morgan fingerprint density at radius 1 is 0.705 bits per heavy atom. The van der Waals surface area contributed by atoms with Gasteiger partial charge in [-0.05, 0) is 57.9 Å². The highest BCUT2D eigenvalue weighted by molar-refractivity contribution is 5.95. The van der Waals surface area contributed by atoms with Crippen LogP contribution in [-0.2, 0) is 4.79 Å². The van der Waals surface area contributed by atoms with E-state index in [4.69, 9.17) is 9.84 Å². The van der Waals surface area contributed by atoms with Crippen LogP contribution in [0.25, 0.3) is 21.5 Å². The number of aromatic amines is 4. The number of hydrogen-bond acceptors (Lipinski definition) is 11. The number of anilines is 4. The second-order valence-electron chi connectivity index (χ2n) is 8.93. The molecule has 0 saturated carbocycles. The van der Waals surface area contributed by atoms with E-state index < -0.39 is 28.7 Å². The maximum Gasteiger partial charge on any atom is 0.352 e. The number of aromatic nitrogens is 6. The van der Waals surface area contributed by atoms with Gasteiger partial charge in [0.2, 0.25) is 11.9 Å². The van der Waals surface area contributed by atoms with Crippen LogP contribution in [0.15, 0.2) is 92.0 Å². The summed E-state index contributed by atoms with van der Waals surface area (Å²) in [5, 5.41) is 17.9. The Kier molecular flexibility index (Phi) is 8.05. The van der Waals surface area contributed by atoms with Crippen LogP contribution in [0.3, 0.4) is 0 Å². The van der Waals surface area contributed by atoms with Crippen LogP contribution in [0, 0.1) is 0 Å². The Morgan fingerprint density at radius 2 is 1.27 bits per heavy atom. The number of benzene rings is 4. The molecule has 16 nitrogen and oxygen atoms in total. The van der Waals surface area contributed by atoms with E-state index in [1.54, 1.807) is 42.5 Å². The zero-order valence-electron chi connectivity index (χ0n) is 22.2. The van der Waals surface area contributed by atoms with Gasteiger partial charge >= 0.3 is 28.7 Å². The number of hydrogen-bond donors (Lipinski definition) is 7. The summed E-state index contributed by atoms with van der Waals surface area (Å²) in [7, 11) is 0. The molecule has 220 valence electrons. The maximum atomic E-state index is 11.2. The standard InChI is InChI=1S/2C14H10N4O4/c19-11(20)9-2-1-8-6-10(4-3-7(8)5-9)15-12-16-13(21)18-14(22)17-12;19-7-22-11-6-9-4-2-1-3-8(9)5-10(11)15-12-16-13(20)18-14(21)17-12/h1-6H,(H,19,20)(H3,15,16,17,18,21,22);1-7H,(H3,15,16,17,18,20,21). The molecule has 44 heavy (non-hydrogen) atoms. The molecule has 2 heterocycles. The van der Waals surface area contributed by atoms with Crippen molar-refractivity contribution in [2.45, 2.75) is 0 Å². The summed E-state index contributed by atoms with van der Waals surface area (Å²) in [5.74, 6) is -0.777. The first-order chi connectivity index (χ1) is 21.2. The van der Waals surface area contributed by atoms with Gasteiger partial charge in [-0.3, -0.25) is 24.7 Å². The molecule has 2 aromatic heterocycles. The number of aromatic carboxylic acids is 1. The number of rotatable bonds is 7. The predicted octanol–water partition coefficient (Wildman–Crippen LogP) is 1.94. The fourth-order valence-corrected chi connectivity index (χ4v) is 4.09. The number of nitrogens with one attached hydrogen (secondary N) is 6. The van der Waals surface area contributed by atoms with Crippen molar-refractivity contribution in [1.29, 1.82) is 0 Å².